The lowest BCUT2D eigenvalue weighted by atomic mass is 9.79. The van der Waals surface area contributed by atoms with Crippen LogP contribution in [0.2, 0.25) is 0 Å². The van der Waals surface area contributed by atoms with Crippen molar-refractivity contribution < 1.29 is 28.2 Å². The molecule has 0 saturated heterocycles. The third kappa shape index (κ3) is 6.24. The molecule has 0 heterocycles. The fraction of sp³-hybridized carbons (Fsp3) is 0.344. The molecular weight excluding hydrogens is 486 g/mol. The highest BCUT2D eigenvalue weighted by Gasteiger charge is 2.30. The number of aliphatic carboxylic acids is 1. The fourth-order valence-electron chi connectivity index (χ4n) is 5.05. The first-order valence-electron chi connectivity index (χ1n) is 13.0. The summed E-state index contributed by atoms with van der Waals surface area (Å²) in [5.74, 6) is -0.852. The van der Waals surface area contributed by atoms with Crippen molar-refractivity contribution in [3.8, 4) is 22.6 Å². The Hall–Kier alpha value is -3.67. The first kappa shape index (κ1) is 27.4. The number of allylic oxidation sites excluding steroid dienone is 2. The first-order valence-corrected chi connectivity index (χ1v) is 13.0. The van der Waals surface area contributed by atoms with E-state index in [4.69, 9.17) is 14.6 Å². The summed E-state index contributed by atoms with van der Waals surface area (Å²) in [5, 5.41) is 8.80. The highest BCUT2D eigenvalue weighted by atomic mass is 19.1. The Morgan fingerprint density at radius 1 is 1.00 bits per heavy atom. The Morgan fingerprint density at radius 3 is 2.53 bits per heavy atom. The van der Waals surface area contributed by atoms with E-state index in [1.54, 1.807) is 37.4 Å². The number of unbranched alkanes of at least 4 members (excludes halogenated alkanes) is 1. The number of hydrogen-bond donors (Lipinski definition) is 1. The molecule has 6 heteroatoms. The van der Waals surface area contributed by atoms with Crippen molar-refractivity contribution in [2.24, 2.45) is 5.41 Å². The van der Waals surface area contributed by atoms with Gasteiger partial charge < -0.3 is 14.6 Å². The van der Waals surface area contributed by atoms with Crippen LogP contribution in [0.3, 0.4) is 0 Å². The minimum Gasteiger partial charge on any atom is -0.497 e. The summed E-state index contributed by atoms with van der Waals surface area (Å²) in [6.45, 7) is 4.54. The van der Waals surface area contributed by atoms with Gasteiger partial charge in [-0.3, -0.25) is 4.79 Å². The zero-order valence-electron chi connectivity index (χ0n) is 22.2. The SMILES string of the molecule is COc1ccc(F)c(-c2ccc(COc3cccc(CCCCC(=O)O)c3F)cc2C2=CCCC2(C)C)c1. The fourth-order valence-corrected chi connectivity index (χ4v) is 5.05. The van der Waals surface area contributed by atoms with Crippen LogP contribution in [-0.2, 0) is 17.8 Å². The number of halogens is 2. The normalized spacial score (nSPS) is 14.3. The molecule has 0 spiro atoms. The Balaban J connectivity index is 1.60. The number of benzene rings is 3. The number of ether oxygens (including phenoxy) is 2. The van der Waals surface area contributed by atoms with E-state index in [1.165, 1.54) is 6.07 Å². The van der Waals surface area contributed by atoms with Gasteiger partial charge in [-0.15, -0.1) is 0 Å². The predicted molar refractivity (Wildman–Crippen MR) is 145 cm³/mol. The van der Waals surface area contributed by atoms with Crippen LogP contribution in [0.1, 0.15) is 62.6 Å². The molecule has 0 saturated carbocycles. The van der Waals surface area contributed by atoms with Crippen LogP contribution >= 0.6 is 0 Å². The summed E-state index contributed by atoms with van der Waals surface area (Å²) >= 11 is 0. The number of aryl methyl sites for hydroxylation is 1. The van der Waals surface area contributed by atoms with Crippen molar-refractivity contribution in [2.75, 3.05) is 7.11 Å². The van der Waals surface area contributed by atoms with Gasteiger partial charge in [0.25, 0.3) is 0 Å². The molecule has 0 amide bonds. The number of carboxylic acid groups (broad SMARTS) is 1. The predicted octanol–water partition coefficient (Wildman–Crippen LogP) is 8.22. The molecule has 200 valence electrons. The van der Waals surface area contributed by atoms with E-state index in [9.17, 15) is 9.18 Å². The standard InChI is InChI=1S/C32H34F2O4/c1-32(2)17-7-10-27(32)25-18-21(13-15-24(25)26-19-23(37-3)14-16-28(26)33)20-38-29-11-6-9-22(31(29)34)8-4-5-12-30(35)36/h6,9-11,13-16,18-19H,4-5,7-8,12,17,20H2,1-3H3,(H,35,36). The molecule has 1 aliphatic rings. The highest BCUT2D eigenvalue weighted by molar-refractivity contribution is 5.85. The molecule has 38 heavy (non-hydrogen) atoms. The third-order valence-corrected chi connectivity index (χ3v) is 7.21. The van der Waals surface area contributed by atoms with Gasteiger partial charge in [-0.2, -0.15) is 0 Å². The van der Waals surface area contributed by atoms with Gasteiger partial charge in [0.2, 0.25) is 0 Å². The number of carboxylic acids is 1. The average Bonchev–Trinajstić information content (AvgIpc) is 3.25. The van der Waals surface area contributed by atoms with Crippen molar-refractivity contribution in [3.05, 3.63) is 89.0 Å². The van der Waals surface area contributed by atoms with Crippen LogP contribution in [0.15, 0.2) is 60.7 Å². The van der Waals surface area contributed by atoms with Gasteiger partial charge >= 0.3 is 5.97 Å². The molecule has 0 atom stereocenters. The quantitative estimate of drug-likeness (QED) is 0.259. The van der Waals surface area contributed by atoms with E-state index in [0.29, 0.717) is 36.1 Å². The van der Waals surface area contributed by atoms with Crippen molar-refractivity contribution >= 4 is 11.5 Å². The number of rotatable bonds is 11. The Morgan fingerprint density at radius 2 is 1.82 bits per heavy atom. The van der Waals surface area contributed by atoms with Crippen LogP contribution < -0.4 is 9.47 Å². The van der Waals surface area contributed by atoms with Crippen molar-refractivity contribution in [1.82, 2.24) is 0 Å². The topological polar surface area (TPSA) is 55.8 Å². The van der Waals surface area contributed by atoms with Crippen molar-refractivity contribution in [1.29, 1.82) is 0 Å². The molecule has 0 fully saturated rings. The summed E-state index contributed by atoms with van der Waals surface area (Å²) in [5.41, 5.74) is 4.64. The molecule has 0 unspecified atom stereocenters. The van der Waals surface area contributed by atoms with Gasteiger partial charge in [-0.25, -0.2) is 8.78 Å². The van der Waals surface area contributed by atoms with Crippen LogP contribution in [0.25, 0.3) is 16.7 Å². The third-order valence-electron chi connectivity index (χ3n) is 7.21. The van der Waals surface area contributed by atoms with Gasteiger partial charge in [0.1, 0.15) is 18.2 Å². The molecule has 4 rings (SSSR count). The zero-order chi connectivity index (χ0) is 27.3. The van der Waals surface area contributed by atoms with Crippen molar-refractivity contribution in [2.45, 2.75) is 59.0 Å². The molecule has 0 bridgehead atoms. The van der Waals surface area contributed by atoms with Crippen LogP contribution in [0.4, 0.5) is 8.78 Å². The molecule has 3 aromatic rings. The second-order valence-electron chi connectivity index (χ2n) is 10.4. The maximum absolute atomic E-state index is 15.1. The summed E-state index contributed by atoms with van der Waals surface area (Å²) < 4.78 is 41.3. The van der Waals surface area contributed by atoms with E-state index >= 15 is 4.39 Å². The number of hydrogen-bond acceptors (Lipinski definition) is 3. The molecule has 1 aliphatic carbocycles. The second kappa shape index (κ2) is 11.8. The Bertz CT molecular complexity index is 1340. The largest absolute Gasteiger partial charge is 0.497 e. The van der Waals surface area contributed by atoms with E-state index in [1.807, 2.05) is 18.2 Å². The van der Waals surface area contributed by atoms with Crippen LogP contribution in [0.5, 0.6) is 11.5 Å². The average molecular weight is 521 g/mol. The molecule has 0 aliphatic heterocycles. The lowest BCUT2D eigenvalue weighted by molar-refractivity contribution is -0.137. The number of methoxy groups -OCH3 is 1. The second-order valence-corrected chi connectivity index (χ2v) is 10.4. The molecule has 4 nitrogen and oxygen atoms in total. The van der Waals surface area contributed by atoms with Gasteiger partial charge in [0, 0.05) is 12.0 Å². The lowest BCUT2D eigenvalue weighted by Crippen LogP contribution is -2.10. The van der Waals surface area contributed by atoms with Crippen molar-refractivity contribution in [3.63, 3.8) is 0 Å². The van der Waals surface area contributed by atoms with E-state index in [0.717, 1.165) is 35.1 Å². The van der Waals surface area contributed by atoms with Crippen LogP contribution in [0, 0.1) is 17.0 Å². The maximum atomic E-state index is 15.1. The zero-order valence-corrected chi connectivity index (χ0v) is 22.2. The lowest BCUT2D eigenvalue weighted by Gasteiger charge is -2.25. The molecule has 0 radical (unpaired) electrons. The molecular formula is C32H34F2O4. The monoisotopic (exact) mass is 520 g/mol. The maximum Gasteiger partial charge on any atom is 0.303 e. The van der Waals surface area contributed by atoms with Gasteiger partial charge in [-0.1, -0.05) is 44.2 Å². The highest BCUT2D eigenvalue weighted by Crippen LogP contribution is 2.47. The smallest absolute Gasteiger partial charge is 0.303 e. The molecule has 1 N–H and O–H groups in total. The van der Waals surface area contributed by atoms with Gasteiger partial charge in [0.15, 0.2) is 11.6 Å². The molecule has 3 aromatic carbocycles. The van der Waals surface area contributed by atoms with E-state index in [2.05, 4.69) is 19.9 Å². The van der Waals surface area contributed by atoms with Gasteiger partial charge in [-0.05, 0) is 95.7 Å². The summed E-state index contributed by atoms with van der Waals surface area (Å²) in [6.07, 6.45) is 5.78. The minimum absolute atomic E-state index is 0.0648. The minimum atomic E-state index is -0.848. The van der Waals surface area contributed by atoms with Crippen LogP contribution in [-0.4, -0.2) is 18.2 Å². The summed E-state index contributed by atoms with van der Waals surface area (Å²) in [7, 11) is 1.56. The Labute approximate surface area is 222 Å². The first-order chi connectivity index (χ1) is 18.2. The van der Waals surface area contributed by atoms with E-state index in [-0.39, 0.29) is 30.0 Å². The van der Waals surface area contributed by atoms with E-state index < -0.39 is 11.8 Å². The summed E-state index contributed by atoms with van der Waals surface area (Å²) in [4.78, 5) is 10.7. The Kier molecular flexibility index (Phi) is 8.50. The summed E-state index contributed by atoms with van der Waals surface area (Å²) in [6, 6.07) is 15.6. The van der Waals surface area contributed by atoms with Gasteiger partial charge in [0.05, 0.1) is 7.11 Å². The number of carbonyl (C=O) groups is 1. The molecule has 0 aromatic heterocycles.